The van der Waals surface area contributed by atoms with Gasteiger partial charge in [-0.05, 0) is 43.2 Å². The van der Waals surface area contributed by atoms with Crippen LogP contribution in [0.2, 0.25) is 0 Å². The van der Waals surface area contributed by atoms with Crippen LogP contribution in [0.25, 0.3) is 0 Å². The Labute approximate surface area is 140 Å². The number of hydrogen-bond donors (Lipinski definition) is 1. The van der Waals surface area contributed by atoms with Gasteiger partial charge in [0.2, 0.25) is 15.9 Å². The second kappa shape index (κ2) is 6.33. The maximum absolute atomic E-state index is 13.4. The number of hydrogen-bond acceptors (Lipinski definition) is 3. The van der Waals surface area contributed by atoms with Crippen LogP contribution in [0.15, 0.2) is 53.4 Å². The third-order valence-corrected chi connectivity index (χ3v) is 5.62. The first-order chi connectivity index (χ1) is 11.4. The number of rotatable bonds is 4. The largest absolute Gasteiger partial charge is 0.311 e. The maximum Gasteiger partial charge on any atom is 0.245 e. The minimum Gasteiger partial charge on any atom is -0.311 e. The number of aryl methyl sites for hydroxylation is 1. The number of amides is 1. The van der Waals surface area contributed by atoms with Crippen molar-refractivity contribution >= 4 is 21.6 Å². The van der Waals surface area contributed by atoms with E-state index in [-0.39, 0.29) is 10.8 Å². The molecule has 1 unspecified atom stereocenters. The first-order valence-electron chi connectivity index (χ1n) is 7.53. The summed E-state index contributed by atoms with van der Waals surface area (Å²) in [4.78, 5) is 13.9. The number of nitrogens with one attached hydrogen (secondary N) is 1. The fraction of sp³-hybridized carbons (Fsp3) is 0.235. The van der Waals surface area contributed by atoms with Gasteiger partial charge in [0.15, 0.2) is 0 Å². The predicted octanol–water partition coefficient (Wildman–Crippen LogP) is 2.22. The van der Waals surface area contributed by atoms with Crippen molar-refractivity contribution in [2.45, 2.75) is 24.3 Å². The molecule has 0 radical (unpaired) electrons. The van der Waals surface area contributed by atoms with Crippen molar-refractivity contribution in [3.8, 4) is 0 Å². The van der Waals surface area contributed by atoms with E-state index in [1.54, 1.807) is 24.0 Å². The van der Waals surface area contributed by atoms with Gasteiger partial charge in [-0.1, -0.05) is 24.3 Å². The average Bonchev–Trinajstić information content (AvgIpc) is 2.91. The molecule has 0 spiro atoms. The van der Waals surface area contributed by atoms with E-state index in [0.29, 0.717) is 18.5 Å². The molecule has 126 valence electrons. The highest BCUT2D eigenvalue weighted by Crippen LogP contribution is 2.23. The molecular weight excluding hydrogens is 331 g/mol. The van der Waals surface area contributed by atoms with E-state index in [1.165, 1.54) is 12.1 Å². The van der Waals surface area contributed by atoms with Gasteiger partial charge < -0.3 is 4.90 Å². The third kappa shape index (κ3) is 3.18. The Hall–Kier alpha value is -2.25. The number of carbonyl (C=O) groups excluding carboxylic acids is 1. The topological polar surface area (TPSA) is 66.5 Å². The van der Waals surface area contributed by atoms with Crippen molar-refractivity contribution in [3.05, 3.63) is 59.9 Å². The summed E-state index contributed by atoms with van der Waals surface area (Å²) in [5.74, 6) is -0.941. The second-order valence-electron chi connectivity index (χ2n) is 5.70. The smallest absolute Gasteiger partial charge is 0.245 e. The summed E-state index contributed by atoms with van der Waals surface area (Å²) in [7, 11) is -3.97. The van der Waals surface area contributed by atoms with Crippen LogP contribution < -0.4 is 9.62 Å². The molecule has 7 heteroatoms. The molecule has 1 atom stereocenters. The third-order valence-electron chi connectivity index (χ3n) is 4.01. The highest BCUT2D eigenvalue weighted by atomic mass is 32.2. The zero-order valence-electron chi connectivity index (χ0n) is 13.1. The van der Waals surface area contributed by atoms with Gasteiger partial charge in [-0.25, -0.2) is 12.8 Å². The fourth-order valence-corrected chi connectivity index (χ4v) is 4.25. The van der Waals surface area contributed by atoms with Gasteiger partial charge in [-0.2, -0.15) is 4.72 Å². The van der Waals surface area contributed by atoms with Crippen LogP contribution in [-0.2, 0) is 14.8 Å². The lowest BCUT2D eigenvalue weighted by Gasteiger charge is -2.17. The Balaban J connectivity index is 1.81. The number of para-hydroxylation sites is 1. The summed E-state index contributed by atoms with van der Waals surface area (Å²) in [5.41, 5.74) is 1.15. The highest BCUT2D eigenvalue weighted by Gasteiger charge is 2.36. The summed E-state index contributed by atoms with van der Waals surface area (Å²) in [6.07, 6.45) is 0.362. The number of anilines is 1. The Morgan fingerprint density at radius 1 is 1.17 bits per heavy atom. The molecule has 2 aromatic rings. The lowest BCUT2D eigenvalue weighted by Crippen LogP contribution is -2.41. The normalized spacial score (nSPS) is 18.2. The molecule has 1 heterocycles. The molecule has 1 saturated heterocycles. The molecular formula is C17H17FN2O3S. The Bertz CT molecular complexity index is 869. The lowest BCUT2D eigenvalue weighted by atomic mass is 10.2. The van der Waals surface area contributed by atoms with Gasteiger partial charge in [0.05, 0.1) is 4.90 Å². The quantitative estimate of drug-likeness (QED) is 0.921. The van der Waals surface area contributed by atoms with E-state index in [2.05, 4.69) is 4.72 Å². The summed E-state index contributed by atoms with van der Waals surface area (Å²) in [6.45, 7) is 2.01. The monoisotopic (exact) mass is 348 g/mol. The van der Waals surface area contributed by atoms with E-state index in [0.717, 1.165) is 11.8 Å². The molecule has 1 amide bonds. The Kier molecular flexibility index (Phi) is 4.38. The van der Waals surface area contributed by atoms with Crippen molar-refractivity contribution in [1.29, 1.82) is 0 Å². The number of carbonyl (C=O) groups is 1. The minimum absolute atomic E-state index is 0.145. The molecule has 2 aromatic carbocycles. The van der Waals surface area contributed by atoms with Gasteiger partial charge in [0.25, 0.3) is 0 Å². The molecule has 1 aliphatic heterocycles. The maximum atomic E-state index is 13.4. The van der Waals surface area contributed by atoms with Crippen LogP contribution >= 0.6 is 0 Å². The highest BCUT2D eigenvalue weighted by molar-refractivity contribution is 7.89. The summed E-state index contributed by atoms with van der Waals surface area (Å²) < 4.78 is 40.8. The molecule has 24 heavy (non-hydrogen) atoms. The van der Waals surface area contributed by atoms with Gasteiger partial charge in [0.1, 0.15) is 11.9 Å². The predicted molar refractivity (Wildman–Crippen MR) is 88.7 cm³/mol. The average molecular weight is 348 g/mol. The zero-order chi connectivity index (χ0) is 17.3. The second-order valence-corrected chi connectivity index (χ2v) is 7.38. The van der Waals surface area contributed by atoms with Crippen LogP contribution in [0.1, 0.15) is 12.0 Å². The summed E-state index contributed by atoms with van der Waals surface area (Å²) >= 11 is 0. The molecule has 1 N–H and O–H groups in total. The Morgan fingerprint density at radius 2 is 1.88 bits per heavy atom. The molecule has 5 nitrogen and oxygen atoms in total. The SMILES string of the molecule is Cc1ccc(F)cc1S(=O)(=O)NC1CCN(c2ccccc2)C1=O. The van der Waals surface area contributed by atoms with Crippen molar-refractivity contribution in [1.82, 2.24) is 4.72 Å². The summed E-state index contributed by atoms with van der Waals surface area (Å²) in [6, 6.07) is 11.8. The van der Waals surface area contributed by atoms with E-state index in [4.69, 9.17) is 0 Å². The van der Waals surface area contributed by atoms with Crippen molar-refractivity contribution in [2.75, 3.05) is 11.4 Å². The van der Waals surface area contributed by atoms with Crippen LogP contribution in [-0.4, -0.2) is 26.9 Å². The van der Waals surface area contributed by atoms with Crippen molar-refractivity contribution in [2.24, 2.45) is 0 Å². The zero-order valence-corrected chi connectivity index (χ0v) is 13.9. The molecule has 0 saturated carbocycles. The number of nitrogens with zero attached hydrogens (tertiary/aromatic N) is 1. The van der Waals surface area contributed by atoms with Crippen LogP contribution in [0.3, 0.4) is 0 Å². The molecule has 0 bridgehead atoms. The first kappa shape index (κ1) is 16.6. The number of sulfonamides is 1. The van der Waals surface area contributed by atoms with E-state index < -0.39 is 21.9 Å². The first-order valence-corrected chi connectivity index (χ1v) is 9.02. The van der Waals surface area contributed by atoms with Gasteiger partial charge in [-0.15, -0.1) is 0 Å². The van der Waals surface area contributed by atoms with E-state index >= 15 is 0 Å². The van der Waals surface area contributed by atoms with Crippen LogP contribution in [0.4, 0.5) is 10.1 Å². The van der Waals surface area contributed by atoms with Gasteiger partial charge in [0, 0.05) is 12.2 Å². The van der Waals surface area contributed by atoms with Crippen molar-refractivity contribution in [3.63, 3.8) is 0 Å². The Morgan fingerprint density at radius 3 is 2.58 bits per heavy atom. The standard InChI is InChI=1S/C17H17FN2O3S/c1-12-7-8-13(18)11-16(12)24(22,23)19-15-9-10-20(17(15)21)14-5-3-2-4-6-14/h2-8,11,15,19H,9-10H2,1H3. The molecule has 0 aromatic heterocycles. The number of halogens is 1. The van der Waals surface area contributed by atoms with Gasteiger partial charge >= 0.3 is 0 Å². The van der Waals surface area contributed by atoms with Crippen molar-refractivity contribution < 1.29 is 17.6 Å². The lowest BCUT2D eigenvalue weighted by molar-refractivity contribution is -0.118. The van der Waals surface area contributed by atoms with E-state index in [9.17, 15) is 17.6 Å². The fourth-order valence-electron chi connectivity index (χ4n) is 2.77. The number of benzene rings is 2. The van der Waals surface area contributed by atoms with E-state index in [1.807, 2.05) is 18.2 Å². The van der Waals surface area contributed by atoms with Crippen LogP contribution in [0.5, 0.6) is 0 Å². The molecule has 0 aliphatic carbocycles. The molecule has 1 fully saturated rings. The van der Waals surface area contributed by atoms with Crippen LogP contribution in [0, 0.1) is 12.7 Å². The van der Waals surface area contributed by atoms with Gasteiger partial charge in [-0.3, -0.25) is 4.79 Å². The summed E-state index contributed by atoms with van der Waals surface area (Å²) in [5, 5.41) is 0. The molecule has 3 rings (SSSR count). The molecule has 1 aliphatic rings. The minimum atomic E-state index is -3.97.